The molecule has 2 aromatic heterocycles. The normalized spacial score (nSPS) is 11.5. The van der Waals surface area contributed by atoms with Crippen molar-refractivity contribution in [1.82, 2.24) is 15.0 Å². The van der Waals surface area contributed by atoms with E-state index >= 15 is 0 Å². The minimum Gasteiger partial charge on any atom is -0.208 e. The Kier molecular flexibility index (Phi) is 8.01. The smallest absolute Gasteiger partial charge is 0.165 e. The van der Waals surface area contributed by atoms with E-state index < -0.39 is 0 Å². The number of nitrogens with zero attached hydrogens (tertiary/aromatic N) is 3. The van der Waals surface area contributed by atoms with Gasteiger partial charge in [0, 0.05) is 36.9 Å². The summed E-state index contributed by atoms with van der Waals surface area (Å²) in [4.78, 5) is 15.6. The van der Waals surface area contributed by atoms with E-state index in [4.69, 9.17) is 15.0 Å². The maximum Gasteiger partial charge on any atom is 0.165 e. The summed E-state index contributed by atoms with van der Waals surface area (Å²) in [6, 6.07) is 71.1. The first kappa shape index (κ1) is 33.1. The van der Waals surface area contributed by atoms with Crippen LogP contribution in [0, 0.1) is 0 Å². The van der Waals surface area contributed by atoms with Gasteiger partial charge >= 0.3 is 0 Å². The average Bonchev–Trinajstić information content (AvgIpc) is 3.68. The van der Waals surface area contributed by atoms with Crippen molar-refractivity contribution in [3.8, 4) is 67.5 Å². The summed E-state index contributed by atoms with van der Waals surface area (Å²) in [6.07, 6.45) is 0. The third-order valence-corrected chi connectivity index (χ3v) is 12.2. The predicted molar refractivity (Wildman–Crippen MR) is 240 cm³/mol. The first-order valence-electron chi connectivity index (χ1n) is 19.2. The maximum atomic E-state index is 5.27. The van der Waals surface area contributed by atoms with E-state index in [-0.39, 0.29) is 0 Å². The molecule has 2 heterocycles. The van der Waals surface area contributed by atoms with E-state index in [9.17, 15) is 0 Å². The average molecular weight is 744 g/mol. The predicted octanol–water partition coefficient (Wildman–Crippen LogP) is 14.5. The molecular formula is C53H33N3S. The number of rotatable bonds is 6. The van der Waals surface area contributed by atoms with E-state index in [1.807, 2.05) is 18.2 Å². The lowest BCUT2D eigenvalue weighted by molar-refractivity contribution is 1.08. The van der Waals surface area contributed by atoms with Crippen LogP contribution >= 0.6 is 11.3 Å². The molecule has 11 aromatic rings. The Hall–Kier alpha value is -7.27. The fourth-order valence-corrected chi connectivity index (χ4v) is 9.49. The quantitative estimate of drug-likeness (QED) is 0.170. The van der Waals surface area contributed by atoms with Gasteiger partial charge in [-0.25, -0.2) is 15.0 Å². The Labute approximate surface area is 334 Å². The lowest BCUT2D eigenvalue weighted by atomic mass is 9.90. The Balaban J connectivity index is 1.06. The van der Waals surface area contributed by atoms with Crippen molar-refractivity contribution in [2.75, 3.05) is 0 Å². The molecule has 4 heteroatoms. The van der Waals surface area contributed by atoms with Gasteiger partial charge in [-0.3, -0.25) is 0 Å². The van der Waals surface area contributed by atoms with E-state index in [1.165, 1.54) is 53.2 Å². The van der Waals surface area contributed by atoms with Gasteiger partial charge in [0.1, 0.15) is 0 Å². The fraction of sp³-hybridized carbons (Fsp3) is 0. The maximum absolute atomic E-state index is 5.27. The molecule has 0 N–H and O–H groups in total. The summed E-state index contributed by atoms with van der Waals surface area (Å²) < 4.78 is 2.43. The number of fused-ring (bicyclic) bond motifs is 5. The van der Waals surface area contributed by atoms with Crippen LogP contribution in [0.1, 0.15) is 0 Å². The van der Waals surface area contributed by atoms with Crippen LogP contribution in [0.4, 0.5) is 0 Å². The molecule has 266 valence electrons. The summed E-state index contributed by atoms with van der Waals surface area (Å²) in [5.74, 6) is 1.97. The molecule has 0 aliphatic carbocycles. The van der Waals surface area contributed by atoms with Gasteiger partial charge in [-0.1, -0.05) is 176 Å². The highest BCUT2D eigenvalue weighted by atomic mass is 32.1. The Morgan fingerprint density at radius 1 is 0.263 bits per heavy atom. The molecular weight excluding hydrogens is 711 g/mol. The highest BCUT2D eigenvalue weighted by Gasteiger charge is 2.19. The van der Waals surface area contributed by atoms with Crippen molar-refractivity contribution in [2.24, 2.45) is 0 Å². The molecule has 0 spiro atoms. The van der Waals surface area contributed by atoms with Crippen LogP contribution < -0.4 is 0 Å². The molecule has 0 radical (unpaired) electrons. The summed E-state index contributed by atoms with van der Waals surface area (Å²) in [5.41, 5.74) is 10.1. The van der Waals surface area contributed by atoms with Crippen molar-refractivity contribution >= 4 is 53.1 Å². The molecule has 0 aliphatic rings. The zero-order valence-corrected chi connectivity index (χ0v) is 31.6. The van der Waals surface area contributed by atoms with Crippen LogP contribution in [0.5, 0.6) is 0 Å². The third kappa shape index (κ3) is 5.78. The second-order valence-electron chi connectivity index (χ2n) is 14.3. The largest absolute Gasteiger partial charge is 0.208 e. The third-order valence-electron chi connectivity index (χ3n) is 11.0. The molecule has 57 heavy (non-hydrogen) atoms. The number of hydrogen-bond acceptors (Lipinski definition) is 4. The minimum absolute atomic E-state index is 0.651. The lowest BCUT2D eigenvalue weighted by Crippen LogP contribution is -2.01. The second-order valence-corrected chi connectivity index (χ2v) is 15.4. The molecule has 0 bridgehead atoms. The molecule has 0 amide bonds. The van der Waals surface area contributed by atoms with Crippen LogP contribution in [-0.2, 0) is 0 Å². The lowest BCUT2D eigenvalue weighted by Gasteiger charge is -2.15. The van der Waals surface area contributed by atoms with Crippen molar-refractivity contribution in [3.05, 3.63) is 200 Å². The zero-order chi connectivity index (χ0) is 37.7. The van der Waals surface area contributed by atoms with Gasteiger partial charge in [0.15, 0.2) is 17.5 Å². The van der Waals surface area contributed by atoms with Gasteiger partial charge in [0.25, 0.3) is 0 Å². The summed E-state index contributed by atoms with van der Waals surface area (Å²) >= 11 is 1.79. The van der Waals surface area contributed by atoms with E-state index in [0.717, 1.165) is 38.6 Å². The number of thiophene rings is 1. The van der Waals surface area contributed by atoms with E-state index in [1.54, 1.807) is 11.3 Å². The van der Waals surface area contributed by atoms with Crippen molar-refractivity contribution < 1.29 is 0 Å². The second kappa shape index (κ2) is 13.8. The summed E-state index contributed by atoms with van der Waals surface area (Å²) in [7, 11) is 0. The minimum atomic E-state index is 0.651. The number of aromatic nitrogens is 3. The van der Waals surface area contributed by atoms with Crippen LogP contribution in [0.3, 0.4) is 0 Å². The van der Waals surface area contributed by atoms with Gasteiger partial charge in [-0.05, 0) is 79.2 Å². The van der Waals surface area contributed by atoms with Gasteiger partial charge in [0.05, 0.1) is 0 Å². The van der Waals surface area contributed by atoms with Gasteiger partial charge in [0.2, 0.25) is 0 Å². The summed E-state index contributed by atoms with van der Waals surface area (Å²) in [6.45, 7) is 0. The van der Waals surface area contributed by atoms with Crippen LogP contribution in [0.25, 0.3) is 109 Å². The topological polar surface area (TPSA) is 38.7 Å². The molecule has 0 saturated heterocycles. The summed E-state index contributed by atoms with van der Waals surface area (Å²) in [5, 5.41) is 7.19. The molecule has 3 nitrogen and oxygen atoms in total. The Bertz CT molecular complexity index is 3300. The first-order valence-corrected chi connectivity index (χ1v) is 20.0. The first-order chi connectivity index (χ1) is 28.3. The molecule has 0 unspecified atom stereocenters. The van der Waals surface area contributed by atoms with Crippen LogP contribution in [-0.4, -0.2) is 15.0 Å². The molecule has 0 atom stereocenters. The molecule has 9 aromatic carbocycles. The van der Waals surface area contributed by atoms with Gasteiger partial charge in [-0.2, -0.15) is 0 Å². The standard InChI is InChI=1S/C53H33N3S/c1-3-15-34(16-4-1)38-29-30-39(42-22-8-7-21-41(38)42)36-19-13-20-37(33-36)40-31-32-47(44-24-10-9-23-43(40)44)52-54-51(35-17-5-2-6-18-35)55-53(56-52)48-27-14-26-46-45-25-11-12-28-49(45)57-50(46)48/h1-33H. The Morgan fingerprint density at radius 2 is 0.684 bits per heavy atom. The molecule has 0 aliphatic heterocycles. The zero-order valence-electron chi connectivity index (χ0n) is 30.8. The SMILES string of the molecule is c1ccc(-c2nc(-c3ccc(-c4cccc(-c5ccc(-c6ccccc6)c6ccccc56)c4)c4ccccc34)nc(-c3cccc4c3sc3ccccc34)n2)cc1. The van der Waals surface area contributed by atoms with Gasteiger partial charge in [-0.15, -0.1) is 11.3 Å². The molecule has 0 fully saturated rings. The molecule has 0 saturated carbocycles. The van der Waals surface area contributed by atoms with Gasteiger partial charge < -0.3 is 0 Å². The van der Waals surface area contributed by atoms with Crippen molar-refractivity contribution in [2.45, 2.75) is 0 Å². The van der Waals surface area contributed by atoms with Crippen molar-refractivity contribution in [1.29, 1.82) is 0 Å². The highest BCUT2D eigenvalue weighted by molar-refractivity contribution is 7.26. The van der Waals surface area contributed by atoms with Crippen LogP contribution in [0.15, 0.2) is 200 Å². The Morgan fingerprint density at radius 3 is 1.32 bits per heavy atom. The highest BCUT2D eigenvalue weighted by Crippen LogP contribution is 2.42. The number of hydrogen-bond donors (Lipinski definition) is 0. The number of benzene rings is 9. The van der Waals surface area contributed by atoms with E-state index in [2.05, 4.69) is 182 Å². The molecule has 11 rings (SSSR count). The van der Waals surface area contributed by atoms with Crippen molar-refractivity contribution in [3.63, 3.8) is 0 Å². The monoisotopic (exact) mass is 743 g/mol. The fourth-order valence-electron chi connectivity index (χ4n) is 8.28. The van der Waals surface area contributed by atoms with Crippen LogP contribution in [0.2, 0.25) is 0 Å². The van der Waals surface area contributed by atoms with E-state index in [0.29, 0.717) is 17.5 Å².